The molecule has 25 heavy (non-hydrogen) atoms. The van der Waals surface area contributed by atoms with Crippen molar-refractivity contribution in [2.45, 2.75) is 31.8 Å². The van der Waals surface area contributed by atoms with Gasteiger partial charge in [0.2, 0.25) is 0 Å². The third-order valence-electron chi connectivity index (χ3n) is 3.93. The minimum Gasteiger partial charge on any atom is -0.348 e. The van der Waals surface area contributed by atoms with Gasteiger partial charge < -0.3 is 20.1 Å². The van der Waals surface area contributed by atoms with Crippen molar-refractivity contribution in [3.05, 3.63) is 64.6 Å². The molecule has 2 aromatic carbocycles. The van der Waals surface area contributed by atoms with Crippen molar-refractivity contribution in [2.24, 2.45) is 0 Å². The second-order valence-electron chi connectivity index (χ2n) is 6.37. The number of hydrogen-bond acceptors (Lipinski definition) is 3. The Kier molecular flexibility index (Phi) is 5.42. The van der Waals surface area contributed by atoms with Gasteiger partial charge in [-0.05, 0) is 43.7 Å². The van der Waals surface area contributed by atoms with Crippen LogP contribution in [0.3, 0.4) is 0 Å². The van der Waals surface area contributed by atoms with Crippen LogP contribution in [0, 0.1) is 0 Å². The second kappa shape index (κ2) is 7.56. The molecule has 2 N–H and O–H groups in total. The van der Waals surface area contributed by atoms with E-state index in [1.54, 1.807) is 0 Å². The average molecular weight is 405 g/mol. The molecule has 0 radical (unpaired) electrons. The zero-order valence-electron chi connectivity index (χ0n) is 14.2. The zero-order chi connectivity index (χ0) is 17.9. The smallest absolute Gasteiger partial charge is 0.319 e. The zero-order valence-corrected chi connectivity index (χ0v) is 15.7. The lowest BCUT2D eigenvalue weighted by atomic mass is 10.0. The summed E-state index contributed by atoms with van der Waals surface area (Å²) < 4.78 is 12.8. The molecule has 1 aliphatic heterocycles. The lowest BCUT2D eigenvalue weighted by Crippen LogP contribution is -2.52. The fourth-order valence-corrected chi connectivity index (χ4v) is 2.99. The van der Waals surface area contributed by atoms with E-state index >= 15 is 0 Å². The number of carbonyl (C=O) groups excluding carboxylic acids is 1. The molecule has 1 fully saturated rings. The molecular weight excluding hydrogens is 384 g/mol. The Morgan fingerprint density at radius 1 is 1.12 bits per heavy atom. The number of amides is 2. The first kappa shape index (κ1) is 17.9. The van der Waals surface area contributed by atoms with Gasteiger partial charge >= 0.3 is 6.03 Å². The van der Waals surface area contributed by atoms with E-state index in [1.807, 2.05) is 68.4 Å². The lowest BCUT2D eigenvalue weighted by molar-refractivity contribution is -0.284. The summed E-state index contributed by atoms with van der Waals surface area (Å²) in [6.45, 7) is 4.13. The summed E-state index contributed by atoms with van der Waals surface area (Å²) in [7, 11) is 0. The van der Waals surface area contributed by atoms with Crippen LogP contribution in [0.1, 0.15) is 25.5 Å². The lowest BCUT2D eigenvalue weighted by Gasteiger charge is -2.41. The maximum atomic E-state index is 12.4. The van der Waals surface area contributed by atoms with Gasteiger partial charge in [-0.25, -0.2) is 4.79 Å². The predicted molar refractivity (Wildman–Crippen MR) is 100 cm³/mol. The Labute approximate surface area is 155 Å². The van der Waals surface area contributed by atoms with E-state index in [0.29, 0.717) is 6.61 Å². The molecular formula is C19H21BrN2O3. The van der Waals surface area contributed by atoms with Gasteiger partial charge in [0.25, 0.3) is 0 Å². The molecule has 3 rings (SSSR count). The van der Waals surface area contributed by atoms with Gasteiger partial charge in [0.05, 0.1) is 12.6 Å². The molecule has 6 heteroatoms. The molecule has 2 aromatic rings. The molecule has 0 aliphatic carbocycles. The van der Waals surface area contributed by atoms with E-state index in [0.717, 1.165) is 15.7 Å². The molecule has 1 saturated heterocycles. The molecule has 0 unspecified atom stereocenters. The molecule has 0 saturated carbocycles. The van der Waals surface area contributed by atoms with Gasteiger partial charge in [-0.1, -0.05) is 46.3 Å². The average Bonchev–Trinajstić information content (AvgIpc) is 2.59. The first-order chi connectivity index (χ1) is 11.9. The Bertz CT molecular complexity index is 719. The van der Waals surface area contributed by atoms with Crippen LogP contribution < -0.4 is 10.6 Å². The minimum absolute atomic E-state index is 0.277. The highest BCUT2D eigenvalue weighted by Gasteiger charge is 2.38. The summed E-state index contributed by atoms with van der Waals surface area (Å²) >= 11 is 3.37. The van der Waals surface area contributed by atoms with Crippen LogP contribution in [-0.2, 0) is 9.47 Å². The summed E-state index contributed by atoms with van der Waals surface area (Å²) in [6.07, 6.45) is -0.277. The first-order valence-corrected chi connectivity index (χ1v) is 8.92. The van der Waals surface area contributed by atoms with Gasteiger partial charge in [-0.15, -0.1) is 0 Å². The summed E-state index contributed by atoms with van der Waals surface area (Å²) in [5, 5.41) is 5.78. The number of anilines is 1. The standard InChI is InChI=1S/C19H21BrN2O3/c1-19(2)24-12-16(17(25-19)13-6-4-3-5-7-13)22-18(23)21-15-10-8-14(20)9-11-15/h3-11,16-17H,12H2,1-2H3,(H2,21,22,23)/t16-,17+/m0/s1. The number of nitrogens with one attached hydrogen (secondary N) is 2. The maximum Gasteiger partial charge on any atom is 0.319 e. The summed E-state index contributed by atoms with van der Waals surface area (Å²) in [5.74, 6) is -0.694. The minimum atomic E-state index is -0.694. The van der Waals surface area contributed by atoms with Gasteiger partial charge in [0.1, 0.15) is 6.10 Å². The quantitative estimate of drug-likeness (QED) is 0.793. The van der Waals surface area contributed by atoms with Crippen molar-refractivity contribution >= 4 is 27.6 Å². The summed E-state index contributed by atoms with van der Waals surface area (Å²) in [4.78, 5) is 12.4. The first-order valence-electron chi connectivity index (χ1n) is 8.13. The van der Waals surface area contributed by atoms with E-state index in [2.05, 4.69) is 26.6 Å². The molecule has 0 spiro atoms. The van der Waals surface area contributed by atoms with Crippen LogP contribution in [0.25, 0.3) is 0 Å². The largest absolute Gasteiger partial charge is 0.348 e. The number of hydrogen-bond donors (Lipinski definition) is 2. The van der Waals surface area contributed by atoms with E-state index in [1.165, 1.54) is 0 Å². The molecule has 1 aliphatic rings. The van der Waals surface area contributed by atoms with Gasteiger partial charge in [-0.2, -0.15) is 0 Å². The molecule has 2 atom stereocenters. The Morgan fingerprint density at radius 2 is 1.80 bits per heavy atom. The van der Waals surface area contributed by atoms with Crippen LogP contribution >= 0.6 is 15.9 Å². The molecule has 0 bridgehead atoms. The van der Waals surface area contributed by atoms with Crippen LogP contribution in [0.4, 0.5) is 10.5 Å². The normalized spacial score (nSPS) is 22.2. The van der Waals surface area contributed by atoms with Crippen LogP contribution in [0.5, 0.6) is 0 Å². The van der Waals surface area contributed by atoms with Crippen molar-refractivity contribution in [1.29, 1.82) is 0 Å². The number of carbonyl (C=O) groups is 1. The third kappa shape index (κ3) is 4.81. The van der Waals surface area contributed by atoms with Crippen molar-refractivity contribution < 1.29 is 14.3 Å². The van der Waals surface area contributed by atoms with Crippen molar-refractivity contribution in [2.75, 3.05) is 11.9 Å². The maximum absolute atomic E-state index is 12.4. The molecule has 1 heterocycles. The highest BCUT2D eigenvalue weighted by molar-refractivity contribution is 9.10. The number of benzene rings is 2. The number of rotatable bonds is 3. The highest BCUT2D eigenvalue weighted by atomic mass is 79.9. The predicted octanol–water partition coefficient (Wildman–Crippen LogP) is 4.46. The topological polar surface area (TPSA) is 59.6 Å². The van der Waals surface area contributed by atoms with Gasteiger partial charge in [-0.3, -0.25) is 0 Å². The van der Waals surface area contributed by atoms with E-state index in [4.69, 9.17) is 9.47 Å². The van der Waals surface area contributed by atoms with Gasteiger partial charge in [0.15, 0.2) is 5.79 Å². The van der Waals surface area contributed by atoms with E-state index in [9.17, 15) is 4.79 Å². The van der Waals surface area contributed by atoms with Crippen LogP contribution in [0.2, 0.25) is 0 Å². The molecule has 5 nitrogen and oxygen atoms in total. The van der Waals surface area contributed by atoms with Gasteiger partial charge in [0, 0.05) is 10.2 Å². The van der Waals surface area contributed by atoms with Crippen molar-refractivity contribution in [3.8, 4) is 0 Å². The Balaban J connectivity index is 1.70. The second-order valence-corrected chi connectivity index (χ2v) is 7.29. The van der Waals surface area contributed by atoms with E-state index < -0.39 is 5.79 Å². The SMILES string of the molecule is CC1(C)OC[C@H](NC(=O)Nc2ccc(Br)cc2)[C@@H](c2ccccc2)O1. The van der Waals surface area contributed by atoms with Crippen LogP contribution in [0.15, 0.2) is 59.1 Å². The highest BCUT2D eigenvalue weighted by Crippen LogP contribution is 2.32. The fraction of sp³-hybridized carbons (Fsp3) is 0.316. The number of halogens is 1. The van der Waals surface area contributed by atoms with Crippen molar-refractivity contribution in [3.63, 3.8) is 0 Å². The molecule has 2 amide bonds. The molecule has 0 aromatic heterocycles. The number of ether oxygens (including phenoxy) is 2. The third-order valence-corrected chi connectivity index (χ3v) is 4.46. The van der Waals surface area contributed by atoms with Crippen LogP contribution in [-0.4, -0.2) is 24.5 Å². The Morgan fingerprint density at radius 3 is 2.48 bits per heavy atom. The fourth-order valence-electron chi connectivity index (χ4n) is 2.73. The Hall–Kier alpha value is -1.89. The molecule has 132 valence electrons. The summed E-state index contributed by atoms with van der Waals surface area (Å²) in [5.41, 5.74) is 1.72. The van der Waals surface area contributed by atoms with E-state index in [-0.39, 0.29) is 18.2 Å². The number of urea groups is 1. The monoisotopic (exact) mass is 404 g/mol. The van der Waals surface area contributed by atoms with Crippen molar-refractivity contribution in [1.82, 2.24) is 5.32 Å². The summed E-state index contributed by atoms with van der Waals surface area (Å²) in [6, 6.07) is 16.7.